The van der Waals surface area contributed by atoms with Crippen molar-refractivity contribution in [3.63, 3.8) is 0 Å². The number of anilines is 3. The van der Waals surface area contributed by atoms with Crippen molar-refractivity contribution < 1.29 is 9.84 Å². The minimum absolute atomic E-state index is 0.171. The first-order chi connectivity index (χ1) is 18.6. The molecule has 4 N–H and O–H groups in total. The van der Waals surface area contributed by atoms with Crippen LogP contribution in [-0.2, 0) is 12.8 Å². The second-order valence-corrected chi connectivity index (χ2v) is 11.1. The van der Waals surface area contributed by atoms with E-state index in [1.54, 1.807) is 6.20 Å². The van der Waals surface area contributed by atoms with E-state index >= 15 is 0 Å². The van der Waals surface area contributed by atoms with E-state index in [1.807, 2.05) is 6.07 Å². The highest BCUT2D eigenvalue weighted by molar-refractivity contribution is 5.86. The van der Waals surface area contributed by atoms with Crippen molar-refractivity contribution in [1.82, 2.24) is 15.3 Å². The molecule has 0 saturated carbocycles. The number of fused-ring (bicyclic) bond motifs is 3. The third kappa shape index (κ3) is 4.10. The largest absolute Gasteiger partial charge is 0.483 e. The van der Waals surface area contributed by atoms with Gasteiger partial charge in [-0.15, -0.1) is 0 Å². The van der Waals surface area contributed by atoms with Gasteiger partial charge < -0.3 is 30.4 Å². The highest BCUT2D eigenvalue weighted by Gasteiger charge is 2.41. The summed E-state index contributed by atoms with van der Waals surface area (Å²) in [5, 5.41) is 18.7. The SMILES string of the molecule is Cc1cccc2c(CCN3CC4(CCNCC4)Oc4cc(Nc5ccnc6c5CCC6O)ccc43)c[nH]c12. The van der Waals surface area contributed by atoms with E-state index in [1.165, 1.54) is 22.0 Å². The van der Waals surface area contributed by atoms with E-state index in [9.17, 15) is 5.11 Å². The Kier molecular flexibility index (Phi) is 5.78. The number of rotatable bonds is 5. The number of H-pyrrole nitrogens is 1. The normalized spacial score (nSPS) is 19.8. The molecule has 7 rings (SSSR count). The lowest BCUT2D eigenvalue weighted by molar-refractivity contribution is 0.0351. The standard InChI is InChI=1S/C31H35N5O2/c1-20-3-2-4-23-21(18-34-29(20)23)10-16-36-19-31(11-14-32-15-12-31)38-28-17-22(5-7-26(28)36)35-25-9-13-33-30-24(25)6-8-27(30)37/h2-5,7,9,13,17-18,27,32,34,37H,6,8,10-12,14-16,19H2,1H3,(H,33,35). The number of ether oxygens (including phenoxy) is 1. The first-order valence-corrected chi connectivity index (χ1v) is 13.9. The number of aliphatic hydroxyl groups excluding tert-OH is 1. The number of benzene rings is 2. The van der Waals surface area contributed by atoms with Gasteiger partial charge in [0.1, 0.15) is 11.4 Å². The smallest absolute Gasteiger partial charge is 0.145 e. The highest BCUT2D eigenvalue weighted by Crippen LogP contribution is 2.43. The molecule has 1 fully saturated rings. The van der Waals surface area contributed by atoms with Crippen LogP contribution in [0.25, 0.3) is 10.9 Å². The maximum Gasteiger partial charge on any atom is 0.145 e. The molecular formula is C31H35N5O2. The maximum atomic E-state index is 10.3. The van der Waals surface area contributed by atoms with Crippen LogP contribution in [0.15, 0.2) is 54.9 Å². The number of nitrogens with one attached hydrogen (secondary N) is 3. The van der Waals surface area contributed by atoms with Crippen LogP contribution in [-0.4, -0.2) is 46.9 Å². The molecule has 0 bridgehead atoms. The Labute approximate surface area is 223 Å². The minimum Gasteiger partial charge on any atom is -0.483 e. The zero-order chi connectivity index (χ0) is 25.7. The fraction of sp³-hybridized carbons (Fsp3) is 0.387. The fourth-order valence-electron chi connectivity index (χ4n) is 6.55. The van der Waals surface area contributed by atoms with Gasteiger partial charge in [-0.2, -0.15) is 0 Å². The van der Waals surface area contributed by atoms with E-state index in [2.05, 4.69) is 75.0 Å². The van der Waals surface area contributed by atoms with E-state index in [-0.39, 0.29) is 5.60 Å². The quantitative estimate of drug-likeness (QED) is 0.298. The van der Waals surface area contributed by atoms with Crippen LogP contribution in [0.4, 0.5) is 17.1 Å². The number of para-hydroxylation sites is 1. The van der Waals surface area contributed by atoms with Crippen molar-refractivity contribution in [1.29, 1.82) is 0 Å². The van der Waals surface area contributed by atoms with Gasteiger partial charge in [0.2, 0.25) is 0 Å². The van der Waals surface area contributed by atoms with Crippen LogP contribution < -0.4 is 20.3 Å². The predicted molar refractivity (Wildman–Crippen MR) is 152 cm³/mol. The lowest BCUT2D eigenvalue weighted by Crippen LogP contribution is -2.56. The van der Waals surface area contributed by atoms with Crippen molar-refractivity contribution >= 4 is 28.0 Å². The van der Waals surface area contributed by atoms with Crippen LogP contribution in [0, 0.1) is 6.92 Å². The first-order valence-electron chi connectivity index (χ1n) is 13.9. The van der Waals surface area contributed by atoms with Crippen LogP contribution >= 0.6 is 0 Å². The summed E-state index contributed by atoms with van der Waals surface area (Å²) < 4.78 is 6.82. The lowest BCUT2D eigenvalue weighted by atomic mass is 9.89. The molecule has 38 heavy (non-hydrogen) atoms. The lowest BCUT2D eigenvalue weighted by Gasteiger charge is -2.47. The number of aryl methyl sites for hydroxylation is 1. The van der Waals surface area contributed by atoms with Gasteiger partial charge >= 0.3 is 0 Å². The molecule has 2 aromatic heterocycles. The Balaban J connectivity index is 1.18. The van der Waals surface area contributed by atoms with Crippen molar-refractivity contribution in [2.75, 3.05) is 36.4 Å². The second-order valence-electron chi connectivity index (χ2n) is 11.1. The zero-order valence-corrected chi connectivity index (χ0v) is 21.9. The third-order valence-electron chi connectivity index (χ3n) is 8.63. The molecule has 196 valence electrons. The molecule has 7 nitrogen and oxygen atoms in total. The minimum atomic E-state index is -0.465. The molecule has 2 aromatic carbocycles. The average molecular weight is 510 g/mol. The zero-order valence-electron chi connectivity index (χ0n) is 21.9. The summed E-state index contributed by atoms with van der Waals surface area (Å²) in [5.74, 6) is 0.948. The van der Waals surface area contributed by atoms with Crippen molar-refractivity contribution in [3.8, 4) is 5.75 Å². The molecule has 0 amide bonds. The van der Waals surface area contributed by atoms with Crippen LogP contribution in [0.5, 0.6) is 5.75 Å². The van der Waals surface area contributed by atoms with E-state index in [0.717, 1.165) is 92.4 Å². The Morgan fingerprint density at radius 3 is 2.97 bits per heavy atom. The summed E-state index contributed by atoms with van der Waals surface area (Å²) >= 11 is 0. The summed E-state index contributed by atoms with van der Waals surface area (Å²) in [6, 6.07) is 15.0. The van der Waals surface area contributed by atoms with Gasteiger partial charge in [0, 0.05) is 60.1 Å². The van der Waals surface area contributed by atoms with Gasteiger partial charge in [-0.25, -0.2) is 0 Å². The Morgan fingerprint density at radius 2 is 2.08 bits per heavy atom. The first kappa shape index (κ1) is 23.6. The number of hydrogen-bond acceptors (Lipinski definition) is 6. The monoisotopic (exact) mass is 509 g/mol. The second kappa shape index (κ2) is 9.33. The molecule has 1 saturated heterocycles. The maximum absolute atomic E-state index is 10.3. The van der Waals surface area contributed by atoms with Gasteiger partial charge in [0.25, 0.3) is 0 Å². The van der Waals surface area contributed by atoms with Crippen LogP contribution in [0.2, 0.25) is 0 Å². The predicted octanol–water partition coefficient (Wildman–Crippen LogP) is 5.16. The molecule has 4 aromatic rings. The summed E-state index contributed by atoms with van der Waals surface area (Å²) in [4.78, 5) is 10.4. The molecule has 1 aliphatic carbocycles. The number of aliphatic hydroxyl groups is 1. The Hall–Kier alpha value is -3.55. The van der Waals surface area contributed by atoms with E-state index in [4.69, 9.17) is 4.74 Å². The number of hydrogen-bond donors (Lipinski definition) is 4. The van der Waals surface area contributed by atoms with Crippen molar-refractivity contribution in [2.24, 2.45) is 0 Å². The number of aromatic amines is 1. The molecule has 2 aliphatic heterocycles. The van der Waals surface area contributed by atoms with Gasteiger partial charge in [-0.3, -0.25) is 4.98 Å². The number of nitrogens with zero attached hydrogens (tertiary/aromatic N) is 2. The summed E-state index contributed by atoms with van der Waals surface area (Å²) in [6.45, 7) is 5.97. The van der Waals surface area contributed by atoms with Crippen LogP contribution in [0.1, 0.15) is 47.8 Å². The molecule has 1 atom stereocenters. The summed E-state index contributed by atoms with van der Waals surface area (Å²) in [6.07, 6.45) is 8.04. The van der Waals surface area contributed by atoms with E-state index < -0.39 is 6.10 Å². The van der Waals surface area contributed by atoms with Gasteiger partial charge in [-0.05, 0) is 74.2 Å². The molecule has 4 heterocycles. The fourth-order valence-corrected chi connectivity index (χ4v) is 6.55. The molecule has 1 spiro atoms. The van der Waals surface area contributed by atoms with Crippen molar-refractivity contribution in [2.45, 2.75) is 50.7 Å². The van der Waals surface area contributed by atoms with Gasteiger partial charge in [0.15, 0.2) is 0 Å². The number of piperidine rings is 1. The third-order valence-corrected chi connectivity index (χ3v) is 8.63. The molecule has 1 unspecified atom stereocenters. The van der Waals surface area contributed by atoms with E-state index in [0.29, 0.717) is 0 Å². The van der Waals surface area contributed by atoms with Crippen molar-refractivity contribution in [3.05, 3.63) is 77.2 Å². The summed E-state index contributed by atoms with van der Waals surface area (Å²) in [7, 11) is 0. The topological polar surface area (TPSA) is 85.4 Å². The molecule has 0 radical (unpaired) electrons. The molecule has 3 aliphatic rings. The summed E-state index contributed by atoms with van der Waals surface area (Å²) in [5.41, 5.74) is 8.81. The average Bonchev–Trinajstić information content (AvgIpc) is 3.52. The highest BCUT2D eigenvalue weighted by atomic mass is 16.5. The van der Waals surface area contributed by atoms with Gasteiger partial charge in [-0.1, -0.05) is 18.2 Å². The number of pyridine rings is 1. The molecule has 7 heteroatoms. The number of aromatic nitrogens is 2. The Bertz CT molecular complexity index is 1490. The Morgan fingerprint density at radius 1 is 1.18 bits per heavy atom. The van der Waals surface area contributed by atoms with Crippen LogP contribution in [0.3, 0.4) is 0 Å². The van der Waals surface area contributed by atoms with Gasteiger partial charge in [0.05, 0.1) is 24.0 Å². The molecular weight excluding hydrogens is 474 g/mol.